The number of hydrogen-bond donors (Lipinski definition) is 6. The maximum atomic E-state index is 14.0. The predicted octanol–water partition coefficient (Wildman–Crippen LogP) is -3.86. The van der Waals surface area contributed by atoms with Crippen LogP contribution in [0, 0.1) is 0 Å². The van der Waals surface area contributed by atoms with Crippen LogP contribution in [0.4, 0.5) is 0 Å². The maximum absolute atomic E-state index is 14.0. The smallest absolute Gasteiger partial charge is 0.336 e. The Morgan fingerprint density at radius 2 is 0.619 bits per heavy atom. The first-order chi connectivity index (χ1) is 20.3. The minimum atomic E-state index is -0.627. The van der Waals surface area contributed by atoms with E-state index >= 15 is 0 Å². The van der Waals surface area contributed by atoms with Gasteiger partial charge in [-0.15, -0.1) is 0 Å². The summed E-state index contributed by atoms with van der Waals surface area (Å²) in [5.74, 6) is 0. The average molecular weight is 601 g/mol. The van der Waals surface area contributed by atoms with E-state index < -0.39 is 53.3 Å². The van der Waals surface area contributed by atoms with Crippen molar-refractivity contribution in [3.8, 4) is 0 Å². The zero-order chi connectivity index (χ0) is 30.4. The first-order valence-corrected chi connectivity index (χ1v) is 15.2. The number of hydrogen-bond acceptors (Lipinski definition) is 12. The third-order valence-electron chi connectivity index (χ3n) is 9.64. The van der Waals surface area contributed by atoms with E-state index in [1.54, 1.807) is 0 Å². The summed E-state index contributed by atoms with van der Waals surface area (Å²) in [7, 11) is 0. The molecule has 42 heavy (non-hydrogen) atoms. The lowest BCUT2D eigenvalue weighted by Crippen LogP contribution is -2.60. The van der Waals surface area contributed by atoms with Gasteiger partial charge < -0.3 is 30.6 Å². The van der Waals surface area contributed by atoms with Gasteiger partial charge in [0.2, 0.25) is 0 Å². The molecular weight excluding hydrogens is 552 g/mol. The van der Waals surface area contributed by atoms with Gasteiger partial charge in [-0.3, -0.25) is 14.7 Å². The fraction of sp³-hybridized carbons (Fsp3) is 0.889. The molecule has 0 bridgehead atoms. The molecule has 0 atom stereocenters. The summed E-state index contributed by atoms with van der Waals surface area (Å²) < 4.78 is 3.71. The highest BCUT2D eigenvalue weighted by Crippen LogP contribution is 2.26. The summed E-state index contributed by atoms with van der Waals surface area (Å²) in [6.07, 6.45) is 2.69. The molecule has 0 radical (unpaired) electrons. The van der Waals surface area contributed by atoms with Crippen molar-refractivity contribution in [1.82, 2.24) is 28.4 Å². The van der Waals surface area contributed by atoms with Crippen molar-refractivity contribution in [2.45, 2.75) is 74.8 Å². The Hall–Kier alpha value is -1.95. The van der Waals surface area contributed by atoms with Gasteiger partial charge in [0.05, 0.1) is 57.8 Å². The summed E-state index contributed by atoms with van der Waals surface area (Å²) in [6, 6.07) is -2.57. The molecule has 15 heteroatoms. The normalized spacial score (nSPS) is 21.4. The third kappa shape index (κ3) is 6.74. The van der Waals surface area contributed by atoms with Crippen LogP contribution in [-0.2, 0) is 0 Å². The Labute approximate surface area is 244 Å². The maximum Gasteiger partial charge on any atom is 0.336 e. The van der Waals surface area contributed by atoms with E-state index in [9.17, 15) is 45.0 Å². The molecule has 1 aromatic rings. The molecule has 0 aliphatic carbocycles. The van der Waals surface area contributed by atoms with Crippen LogP contribution >= 0.6 is 0 Å². The average Bonchev–Trinajstić information content (AvgIpc) is 3.01. The fourth-order valence-corrected chi connectivity index (χ4v) is 6.92. The van der Waals surface area contributed by atoms with Gasteiger partial charge in [-0.05, 0) is 38.5 Å². The Bertz CT molecular complexity index is 979. The lowest BCUT2D eigenvalue weighted by Gasteiger charge is -2.39. The first kappa shape index (κ1) is 33.0. The van der Waals surface area contributed by atoms with Crippen LogP contribution in [0.2, 0.25) is 0 Å². The number of likely N-dealkylation sites (tertiary alicyclic amines) is 3. The van der Waals surface area contributed by atoms with Crippen molar-refractivity contribution in [3.05, 3.63) is 31.5 Å². The van der Waals surface area contributed by atoms with E-state index in [1.807, 2.05) is 14.7 Å². The van der Waals surface area contributed by atoms with Crippen molar-refractivity contribution >= 4 is 0 Å². The Morgan fingerprint density at radius 3 is 0.786 bits per heavy atom. The largest absolute Gasteiger partial charge is 0.395 e. The van der Waals surface area contributed by atoms with E-state index in [0.717, 1.165) is 0 Å². The minimum absolute atomic E-state index is 0.197. The second kappa shape index (κ2) is 15.2. The molecule has 0 spiro atoms. The van der Waals surface area contributed by atoms with Crippen LogP contribution in [0.3, 0.4) is 0 Å². The monoisotopic (exact) mass is 600 g/mol. The molecule has 4 heterocycles. The molecular formula is C27H48N6O9. The van der Waals surface area contributed by atoms with E-state index in [2.05, 4.69) is 0 Å². The van der Waals surface area contributed by atoms with Crippen LogP contribution in [0.25, 0.3) is 0 Å². The predicted molar refractivity (Wildman–Crippen MR) is 153 cm³/mol. The highest BCUT2D eigenvalue weighted by Gasteiger charge is 2.35. The van der Waals surface area contributed by atoms with E-state index in [0.29, 0.717) is 77.8 Å². The van der Waals surface area contributed by atoms with Gasteiger partial charge in [0, 0.05) is 57.4 Å². The fourth-order valence-electron chi connectivity index (χ4n) is 6.92. The molecule has 240 valence electrons. The highest BCUT2D eigenvalue weighted by molar-refractivity contribution is 4.94. The number of piperidine rings is 3. The highest BCUT2D eigenvalue weighted by atomic mass is 16.3. The number of nitrogens with zero attached hydrogens (tertiary/aromatic N) is 6. The van der Waals surface area contributed by atoms with E-state index in [-0.39, 0.29) is 39.6 Å². The Morgan fingerprint density at radius 1 is 0.429 bits per heavy atom. The summed E-state index contributed by atoms with van der Waals surface area (Å²) in [5, 5.41) is 57.6. The molecule has 1 aromatic heterocycles. The SMILES string of the molecule is O=c1n(C2CCN(C(CO)CO)CC2)c(=O)n(C2CCN(C(CO)CO)CC2)c(=O)n1C1CCN(C(CO)CO)CC1. The topological polar surface area (TPSA) is 197 Å². The molecule has 3 fully saturated rings. The van der Waals surface area contributed by atoms with Crippen molar-refractivity contribution in [3.63, 3.8) is 0 Å². The Balaban J connectivity index is 1.68. The quantitative estimate of drug-likeness (QED) is 0.137. The van der Waals surface area contributed by atoms with Gasteiger partial charge in [0.25, 0.3) is 0 Å². The lowest BCUT2D eigenvalue weighted by molar-refractivity contribution is 0.0425. The molecule has 4 rings (SSSR count). The first-order valence-electron chi connectivity index (χ1n) is 15.2. The van der Waals surface area contributed by atoms with Crippen molar-refractivity contribution in [2.24, 2.45) is 0 Å². The lowest BCUT2D eigenvalue weighted by atomic mass is 10.0. The molecule has 3 saturated heterocycles. The van der Waals surface area contributed by atoms with E-state index in [1.165, 1.54) is 13.7 Å². The van der Waals surface area contributed by atoms with Gasteiger partial charge >= 0.3 is 17.1 Å². The van der Waals surface area contributed by atoms with Crippen LogP contribution < -0.4 is 17.1 Å². The van der Waals surface area contributed by atoms with Gasteiger partial charge in [0.15, 0.2) is 0 Å². The molecule has 3 aliphatic rings. The van der Waals surface area contributed by atoms with Gasteiger partial charge in [-0.25, -0.2) is 28.1 Å². The van der Waals surface area contributed by atoms with Crippen molar-refractivity contribution < 1.29 is 30.6 Å². The molecule has 6 N–H and O–H groups in total. The molecule has 0 unspecified atom stereocenters. The van der Waals surface area contributed by atoms with Crippen LogP contribution in [0.15, 0.2) is 14.4 Å². The zero-order valence-electron chi connectivity index (χ0n) is 24.3. The number of aliphatic hydroxyl groups excluding tert-OH is 6. The number of aliphatic hydroxyl groups is 6. The van der Waals surface area contributed by atoms with Crippen LogP contribution in [-0.4, -0.2) is 156 Å². The second-order valence-corrected chi connectivity index (χ2v) is 11.8. The van der Waals surface area contributed by atoms with Crippen LogP contribution in [0.5, 0.6) is 0 Å². The molecule has 0 aromatic carbocycles. The Kier molecular flexibility index (Phi) is 11.9. The summed E-state index contributed by atoms with van der Waals surface area (Å²) in [5.41, 5.74) is -1.88. The summed E-state index contributed by atoms with van der Waals surface area (Å²) in [6.45, 7) is 1.68. The number of rotatable bonds is 12. The zero-order valence-corrected chi connectivity index (χ0v) is 24.3. The van der Waals surface area contributed by atoms with Gasteiger partial charge in [0.1, 0.15) is 0 Å². The molecule has 15 nitrogen and oxygen atoms in total. The van der Waals surface area contributed by atoms with Gasteiger partial charge in [-0.1, -0.05) is 0 Å². The molecule has 0 amide bonds. The summed E-state index contributed by atoms with van der Waals surface area (Å²) in [4.78, 5) is 47.8. The van der Waals surface area contributed by atoms with Crippen LogP contribution in [0.1, 0.15) is 56.7 Å². The van der Waals surface area contributed by atoms with Gasteiger partial charge in [-0.2, -0.15) is 0 Å². The minimum Gasteiger partial charge on any atom is -0.395 e. The molecule has 3 aliphatic heterocycles. The summed E-state index contributed by atoms with van der Waals surface area (Å²) >= 11 is 0. The third-order valence-corrected chi connectivity index (χ3v) is 9.64. The second-order valence-electron chi connectivity index (χ2n) is 11.8. The number of aromatic nitrogens is 3. The van der Waals surface area contributed by atoms with Crippen molar-refractivity contribution in [1.29, 1.82) is 0 Å². The van der Waals surface area contributed by atoms with E-state index in [4.69, 9.17) is 0 Å². The standard InChI is InChI=1S/C27H48N6O9/c34-13-22(14-35)28-7-1-19(2-8-28)31-25(40)32(20-3-9-29(10-4-20)23(15-36)16-37)27(42)33(26(31)41)21-5-11-30(12-6-21)24(17-38)18-39/h19-24,34-39H,1-18H2. The van der Waals surface area contributed by atoms with Crippen molar-refractivity contribution in [2.75, 3.05) is 78.9 Å². The molecule has 0 saturated carbocycles.